The number of fused-ring (bicyclic) bond motifs is 1. The van der Waals surface area contributed by atoms with Crippen LogP contribution in [-0.2, 0) is 4.74 Å². The molecule has 6 heteroatoms. The molecule has 1 saturated heterocycles. The van der Waals surface area contributed by atoms with Gasteiger partial charge in [-0.2, -0.15) is 0 Å². The van der Waals surface area contributed by atoms with E-state index in [-0.39, 0.29) is 0 Å². The van der Waals surface area contributed by atoms with Crippen LogP contribution in [-0.4, -0.2) is 54.2 Å². The number of esters is 1. The smallest absolute Gasteiger partial charge is 0.340 e. The van der Waals surface area contributed by atoms with Crippen molar-refractivity contribution >= 4 is 29.2 Å². The summed E-state index contributed by atoms with van der Waals surface area (Å²) in [6.07, 6.45) is 7.83. The van der Waals surface area contributed by atoms with E-state index in [4.69, 9.17) is 9.47 Å². The Kier molecular flexibility index (Phi) is 6.44. The van der Waals surface area contributed by atoms with Gasteiger partial charge in [-0.1, -0.05) is 30.7 Å². The molecule has 6 nitrogen and oxygen atoms in total. The standard InChI is InChI=1S/C24H27N3O3/c1-29-24(28)20-6-5-7-21-23(20)26-22(25-21)13-10-18-8-11-19(12-9-18)30-17-16-27-14-3-2-4-15-27/h5-13H,2-4,14-17H2,1H3,(H,25,26). The molecule has 1 fully saturated rings. The average Bonchev–Trinajstić information content (AvgIpc) is 3.22. The summed E-state index contributed by atoms with van der Waals surface area (Å²) in [5.41, 5.74) is 2.92. The van der Waals surface area contributed by atoms with Crippen molar-refractivity contribution in [3.8, 4) is 5.75 Å². The SMILES string of the molecule is COC(=O)c1cccc2[nH]c(C=Cc3ccc(OCCN4CCCCC4)cc3)nc12. The van der Waals surface area contributed by atoms with Crippen molar-refractivity contribution in [1.29, 1.82) is 0 Å². The molecule has 0 aliphatic carbocycles. The van der Waals surface area contributed by atoms with Crippen LogP contribution in [0, 0.1) is 0 Å². The number of hydrogen-bond acceptors (Lipinski definition) is 5. The Morgan fingerprint density at radius 1 is 1.10 bits per heavy atom. The minimum atomic E-state index is -0.390. The van der Waals surface area contributed by atoms with Gasteiger partial charge in [0.05, 0.1) is 18.2 Å². The molecule has 1 aromatic heterocycles. The van der Waals surface area contributed by atoms with Gasteiger partial charge in [0.1, 0.15) is 23.7 Å². The monoisotopic (exact) mass is 405 g/mol. The number of nitrogens with one attached hydrogen (secondary N) is 1. The van der Waals surface area contributed by atoms with E-state index in [0.29, 0.717) is 16.9 Å². The van der Waals surface area contributed by atoms with Gasteiger partial charge < -0.3 is 14.5 Å². The Morgan fingerprint density at radius 2 is 1.90 bits per heavy atom. The molecule has 0 saturated carbocycles. The highest BCUT2D eigenvalue weighted by atomic mass is 16.5. The molecule has 30 heavy (non-hydrogen) atoms. The van der Waals surface area contributed by atoms with Crippen LogP contribution in [0.4, 0.5) is 0 Å². The molecule has 4 rings (SSSR count). The number of carbonyl (C=O) groups is 1. The van der Waals surface area contributed by atoms with Gasteiger partial charge in [0.2, 0.25) is 0 Å². The van der Waals surface area contributed by atoms with E-state index in [1.165, 1.54) is 39.5 Å². The Labute approximate surface area is 176 Å². The molecule has 0 atom stereocenters. The van der Waals surface area contributed by atoms with Crippen LogP contribution in [0.15, 0.2) is 42.5 Å². The second kappa shape index (κ2) is 9.59. The molecule has 0 unspecified atom stereocenters. The number of rotatable bonds is 7. The van der Waals surface area contributed by atoms with Gasteiger partial charge in [-0.15, -0.1) is 0 Å². The third kappa shape index (κ3) is 4.89. The lowest BCUT2D eigenvalue weighted by Crippen LogP contribution is -2.33. The number of para-hydroxylation sites is 1. The van der Waals surface area contributed by atoms with E-state index in [9.17, 15) is 4.79 Å². The number of aromatic nitrogens is 2. The molecule has 1 aliphatic heterocycles. The number of carbonyl (C=O) groups excluding carboxylic acids is 1. The van der Waals surface area contributed by atoms with Crippen molar-refractivity contribution < 1.29 is 14.3 Å². The highest BCUT2D eigenvalue weighted by Gasteiger charge is 2.13. The number of methoxy groups -OCH3 is 1. The van der Waals surface area contributed by atoms with E-state index in [0.717, 1.165) is 30.0 Å². The molecule has 0 amide bonds. The summed E-state index contributed by atoms with van der Waals surface area (Å²) in [7, 11) is 1.37. The number of H-pyrrole nitrogens is 1. The predicted molar refractivity (Wildman–Crippen MR) is 119 cm³/mol. The zero-order valence-electron chi connectivity index (χ0n) is 17.3. The highest BCUT2D eigenvalue weighted by molar-refractivity contribution is 6.02. The second-order valence-corrected chi connectivity index (χ2v) is 7.47. The van der Waals surface area contributed by atoms with E-state index in [2.05, 4.69) is 14.9 Å². The zero-order chi connectivity index (χ0) is 20.8. The summed E-state index contributed by atoms with van der Waals surface area (Å²) in [6, 6.07) is 13.4. The maximum absolute atomic E-state index is 11.9. The van der Waals surface area contributed by atoms with Gasteiger partial charge in [0.25, 0.3) is 0 Å². The van der Waals surface area contributed by atoms with Crippen molar-refractivity contribution in [1.82, 2.24) is 14.9 Å². The number of ether oxygens (including phenoxy) is 2. The topological polar surface area (TPSA) is 67.5 Å². The quantitative estimate of drug-likeness (QED) is 0.591. The molecule has 2 aromatic carbocycles. The number of hydrogen-bond donors (Lipinski definition) is 1. The fraction of sp³-hybridized carbons (Fsp3) is 0.333. The van der Waals surface area contributed by atoms with Crippen molar-refractivity contribution in [3.05, 3.63) is 59.4 Å². The lowest BCUT2D eigenvalue weighted by Gasteiger charge is -2.26. The molecule has 3 aromatic rings. The minimum absolute atomic E-state index is 0.390. The van der Waals surface area contributed by atoms with Gasteiger partial charge in [-0.05, 0) is 61.8 Å². The first-order chi connectivity index (χ1) is 14.7. The van der Waals surface area contributed by atoms with E-state index >= 15 is 0 Å². The summed E-state index contributed by atoms with van der Waals surface area (Å²) in [5.74, 6) is 1.18. The number of piperidine rings is 1. The van der Waals surface area contributed by atoms with Gasteiger partial charge in [0.15, 0.2) is 0 Å². The molecule has 156 valence electrons. The molecular formula is C24H27N3O3. The van der Waals surface area contributed by atoms with Crippen LogP contribution in [0.1, 0.15) is 41.0 Å². The van der Waals surface area contributed by atoms with Gasteiger partial charge >= 0.3 is 5.97 Å². The Morgan fingerprint density at radius 3 is 2.67 bits per heavy atom. The van der Waals surface area contributed by atoms with Crippen molar-refractivity contribution in [2.75, 3.05) is 33.4 Å². The maximum Gasteiger partial charge on any atom is 0.340 e. The van der Waals surface area contributed by atoms with Crippen LogP contribution >= 0.6 is 0 Å². The van der Waals surface area contributed by atoms with Crippen molar-refractivity contribution in [2.24, 2.45) is 0 Å². The molecular weight excluding hydrogens is 378 g/mol. The number of imidazole rings is 1. The van der Waals surface area contributed by atoms with Gasteiger partial charge in [-0.3, -0.25) is 4.90 Å². The molecule has 1 N–H and O–H groups in total. The first kappa shape index (κ1) is 20.2. The minimum Gasteiger partial charge on any atom is -0.492 e. The maximum atomic E-state index is 11.9. The summed E-state index contributed by atoms with van der Waals surface area (Å²) < 4.78 is 10.7. The largest absolute Gasteiger partial charge is 0.492 e. The lowest BCUT2D eigenvalue weighted by atomic mass is 10.1. The number of aromatic amines is 1. The Bertz CT molecular complexity index is 1020. The van der Waals surface area contributed by atoms with Crippen LogP contribution in [0.5, 0.6) is 5.75 Å². The number of likely N-dealkylation sites (tertiary alicyclic amines) is 1. The van der Waals surface area contributed by atoms with Crippen LogP contribution in [0.25, 0.3) is 23.2 Å². The molecule has 2 heterocycles. The van der Waals surface area contributed by atoms with E-state index in [1.807, 2.05) is 48.6 Å². The van der Waals surface area contributed by atoms with Crippen LogP contribution < -0.4 is 4.74 Å². The first-order valence-electron chi connectivity index (χ1n) is 10.4. The number of nitrogens with zero attached hydrogens (tertiary/aromatic N) is 2. The molecule has 1 aliphatic rings. The van der Waals surface area contributed by atoms with Gasteiger partial charge in [-0.25, -0.2) is 9.78 Å². The van der Waals surface area contributed by atoms with Crippen LogP contribution in [0.3, 0.4) is 0 Å². The second-order valence-electron chi connectivity index (χ2n) is 7.47. The molecule has 0 bridgehead atoms. The van der Waals surface area contributed by atoms with Crippen molar-refractivity contribution in [3.63, 3.8) is 0 Å². The summed E-state index contributed by atoms with van der Waals surface area (Å²) in [4.78, 5) is 22.1. The van der Waals surface area contributed by atoms with Crippen molar-refractivity contribution in [2.45, 2.75) is 19.3 Å². The van der Waals surface area contributed by atoms with Crippen LogP contribution in [0.2, 0.25) is 0 Å². The summed E-state index contributed by atoms with van der Waals surface area (Å²) in [5, 5.41) is 0. The number of benzene rings is 2. The summed E-state index contributed by atoms with van der Waals surface area (Å²) >= 11 is 0. The third-order valence-corrected chi connectivity index (χ3v) is 5.38. The summed E-state index contributed by atoms with van der Waals surface area (Å²) in [6.45, 7) is 4.09. The van der Waals surface area contributed by atoms with E-state index in [1.54, 1.807) is 6.07 Å². The average molecular weight is 405 g/mol. The zero-order valence-corrected chi connectivity index (χ0v) is 17.3. The fourth-order valence-electron chi connectivity index (χ4n) is 3.73. The normalized spacial score (nSPS) is 15.0. The lowest BCUT2D eigenvalue weighted by molar-refractivity contribution is 0.0603. The van der Waals surface area contributed by atoms with Gasteiger partial charge in [0, 0.05) is 6.54 Å². The highest BCUT2D eigenvalue weighted by Crippen LogP contribution is 2.19. The fourth-order valence-corrected chi connectivity index (χ4v) is 3.73. The molecule has 0 spiro atoms. The van der Waals surface area contributed by atoms with E-state index < -0.39 is 5.97 Å². The molecule has 0 radical (unpaired) electrons. The Balaban J connectivity index is 1.36. The predicted octanol–water partition coefficient (Wildman–Crippen LogP) is 4.38. The first-order valence-corrected chi connectivity index (χ1v) is 10.4. The Hall–Kier alpha value is -3.12. The third-order valence-electron chi connectivity index (χ3n) is 5.38.